The number of amides is 1. The maximum absolute atomic E-state index is 13.5. The van der Waals surface area contributed by atoms with Crippen LogP contribution in [0, 0.1) is 5.82 Å². The largest absolute Gasteiger partial charge is 0.336 e. The van der Waals surface area contributed by atoms with Crippen LogP contribution in [0.25, 0.3) is 0 Å². The zero-order chi connectivity index (χ0) is 16.4. The van der Waals surface area contributed by atoms with Gasteiger partial charge in [-0.05, 0) is 36.6 Å². The summed E-state index contributed by atoms with van der Waals surface area (Å²) in [5.74, 6) is 0.871. The van der Waals surface area contributed by atoms with E-state index < -0.39 is 0 Å². The third-order valence-electron chi connectivity index (χ3n) is 4.65. The third-order valence-corrected chi connectivity index (χ3v) is 4.65. The van der Waals surface area contributed by atoms with Crippen molar-refractivity contribution in [2.24, 2.45) is 0 Å². The second-order valence-electron chi connectivity index (χ2n) is 6.00. The Hall–Kier alpha value is -2.17. The fourth-order valence-electron chi connectivity index (χ4n) is 3.34. The number of fused-ring (bicyclic) bond motifs is 1. The molecule has 1 aromatic carbocycles. The molecule has 0 aliphatic carbocycles. The van der Waals surface area contributed by atoms with Gasteiger partial charge in [0.15, 0.2) is 0 Å². The van der Waals surface area contributed by atoms with Crippen LogP contribution in [0.2, 0.25) is 0 Å². The summed E-state index contributed by atoms with van der Waals surface area (Å²) in [5.41, 5.74) is 2.08. The molecule has 1 atom stereocenters. The smallest absolute Gasteiger partial charge is 0.224 e. The Morgan fingerprint density at radius 1 is 1.43 bits per heavy atom. The number of hydrogen-bond acceptors (Lipinski definition) is 2. The van der Waals surface area contributed by atoms with Gasteiger partial charge in [-0.1, -0.05) is 13.0 Å². The lowest BCUT2D eigenvalue weighted by atomic mass is 9.93. The Balaban J connectivity index is 1.69. The molecule has 0 spiro atoms. The molecular weight excluding hydrogens is 293 g/mol. The molecule has 1 unspecified atom stereocenters. The van der Waals surface area contributed by atoms with Gasteiger partial charge in [-0.3, -0.25) is 4.79 Å². The number of carbonyl (C=O) groups excluding carboxylic acids is 1. The fraction of sp³-hybridized carbons (Fsp3) is 0.444. The lowest BCUT2D eigenvalue weighted by molar-refractivity contribution is -0.134. The average Bonchev–Trinajstić information content (AvgIpc) is 3.01. The highest BCUT2D eigenvalue weighted by Crippen LogP contribution is 2.30. The molecule has 1 amide bonds. The molecule has 0 fully saturated rings. The number of imidazole rings is 1. The van der Waals surface area contributed by atoms with E-state index in [0.29, 0.717) is 19.5 Å². The van der Waals surface area contributed by atoms with Crippen LogP contribution in [0.1, 0.15) is 43.3 Å². The molecule has 0 saturated carbocycles. The molecule has 23 heavy (non-hydrogen) atoms. The second-order valence-corrected chi connectivity index (χ2v) is 6.00. The van der Waals surface area contributed by atoms with Gasteiger partial charge in [-0.2, -0.15) is 0 Å². The maximum atomic E-state index is 13.5. The van der Waals surface area contributed by atoms with Gasteiger partial charge in [0.2, 0.25) is 5.91 Å². The summed E-state index contributed by atoms with van der Waals surface area (Å²) < 4.78 is 15.5. The minimum atomic E-state index is -0.240. The number of aryl methyl sites for hydroxylation is 2. The zero-order valence-corrected chi connectivity index (χ0v) is 13.6. The first kappa shape index (κ1) is 15.7. The van der Waals surface area contributed by atoms with Crippen LogP contribution in [0.4, 0.5) is 4.39 Å². The lowest BCUT2D eigenvalue weighted by Crippen LogP contribution is -2.39. The monoisotopic (exact) mass is 315 g/mol. The number of nitrogens with zero attached hydrogens (tertiary/aromatic N) is 3. The van der Waals surface area contributed by atoms with Crippen molar-refractivity contribution in [3.8, 4) is 0 Å². The summed E-state index contributed by atoms with van der Waals surface area (Å²) in [6.45, 7) is 5.37. The molecule has 0 radical (unpaired) electrons. The number of aromatic nitrogens is 2. The summed E-state index contributed by atoms with van der Waals surface area (Å²) in [6, 6.07) is 4.82. The van der Waals surface area contributed by atoms with E-state index in [-0.39, 0.29) is 17.8 Å². The summed E-state index contributed by atoms with van der Waals surface area (Å²) in [5, 5.41) is 0. The minimum absolute atomic E-state index is 0.0737. The van der Waals surface area contributed by atoms with Crippen LogP contribution in [-0.4, -0.2) is 26.9 Å². The van der Waals surface area contributed by atoms with Crippen LogP contribution in [0.15, 0.2) is 30.6 Å². The average molecular weight is 315 g/mol. The van der Waals surface area contributed by atoms with Gasteiger partial charge >= 0.3 is 0 Å². The van der Waals surface area contributed by atoms with E-state index in [4.69, 9.17) is 0 Å². The molecule has 2 heterocycles. The van der Waals surface area contributed by atoms with Gasteiger partial charge in [0.1, 0.15) is 11.6 Å². The summed E-state index contributed by atoms with van der Waals surface area (Å²) in [4.78, 5) is 18.7. The number of rotatable bonds is 4. The number of hydrogen-bond donors (Lipinski definition) is 0. The van der Waals surface area contributed by atoms with E-state index in [1.807, 2.05) is 28.7 Å². The molecule has 0 saturated heterocycles. The molecule has 1 aromatic heterocycles. The Labute approximate surface area is 135 Å². The summed E-state index contributed by atoms with van der Waals surface area (Å²) >= 11 is 0. The molecular formula is C18H22FN3O. The van der Waals surface area contributed by atoms with Crippen molar-refractivity contribution in [1.82, 2.24) is 14.5 Å². The topological polar surface area (TPSA) is 38.1 Å². The van der Waals surface area contributed by atoms with Crippen LogP contribution >= 0.6 is 0 Å². The number of carbonyl (C=O) groups is 1. The molecule has 0 bridgehead atoms. The Bertz CT molecular complexity index is 710. The summed E-state index contributed by atoms with van der Waals surface area (Å²) in [6.07, 6.45) is 5.77. The maximum Gasteiger partial charge on any atom is 0.224 e. The van der Waals surface area contributed by atoms with Gasteiger partial charge in [0.05, 0.1) is 6.04 Å². The fourth-order valence-corrected chi connectivity index (χ4v) is 3.34. The van der Waals surface area contributed by atoms with Crippen molar-refractivity contribution in [2.75, 3.05) is 6.54 Å². The SMILES string of the molecule is CCc1nccn1CCC(=O)N1CCc2ccc(F)cc2C1C. The molecule has 122 valence electrons. The van der Waals surface area contributed by atoms with E-state index >= 15 is 0 Å². The standard InChI is InChI=1S/C18H22FN3O/c1-3-17-20-8-11-21(17)9-7-18(23)22-10-6-14-4-5-15(19)12-16(14)13(22)2/h4-5,8,11-13H,3,6-7,9-10H2,1-2H3. The molecule has 4 nitrogen and oxygen atoms in total. The Morgan fingerprint density at radius 3 is 3.04 bits per heavy atom. The van der Waals surface area contributed by atoms with E-state index in [2.05, 4.69) is 11.9 Å². The van der Waals surface area contributed by atoms with Crippen LogP contribution in [0.3, 0.4) is 0 Å². The number of halogens is 1. The Kier molecular flexibility index (Phi) is 4.46. The molecule has 1 aliphatic heterocycles. The van der Waals surface area contributed by atoms with Crippen LogP contribution in [0.5, 0.6) is 0 Å². The molecule has 5 heteroatoms. The highest BCUT2D eigenvalue weighted by molar-refractivity contribution is 5.77. The first-order valence-corrected chi connectivity index (χ1v) is 8.18. The lowest BCUT2D eigenvalue weighted by Gasteiger charge is -2.35. The van der Waals surface area contributed by atoms with Gasteiger partial charge in [0, 0.05) is 38.3 Å². The van der Waals surface area contributed by atoms with Crippen LogP contribution < -0.4 is 0 Å². The van der Waals surface area contributed by atoms with E-state index in [1.165, 1.54) is 6.07 Å². The highest BCUT2D eigenvalue weighted by atomic mass is 19.1. The summed E-state index contributed by atoms with van der Waals surface area (Å²) in [7, 11) is 0. The van der Waals surface area contributed by atoms with Crippen molar-refractivity contribution in [3.63, 3.8) is 0 Å². The third kappa shape index (κ3) is 3.14. The minimum Gasteiger partial charge on any atom is -0.336 e. The van der Waals surface area contributed by atoms with E-state index in [0.717, 1.165) is 29.8 Å². The zero-order valence-electron chi connectivity index (χ0n) is 13.6. The van der Waals surface area contributed by atoms with Crippen molar-refractivity contribution in [1.29, 1.82) is 0 Å². The van der Waals surface area contributed by atoms with Crippen molar-refractivity contribution < 1.29 is 9.18 Å². The Morgan fingerprint density at radius 2 is 2.26 bits per heavy atom. The first-order chi connectivity index (χ1) is 11.1. The number of benzene rings is 1. The molecule has 0 N–H and O–H groups in total. The van der Waals surface area contributed by atoms with E-state index in [1.54, 1.807) is 12.3 Å². The molecule has 3 rings (SSSR count). The van der Waals surface area contributed by atoms with Crippen molar-refractivity contribution in [2.45, 2.75) is 45.7 Å². The predicted molar refractivity (Wildman–Crippen MR) is 86.5 cm³/mol. The van der Waals surface area contributed by atoms with Gasteiger partial charge in [-0.25, -0.2) is 9.37 Å². The molecule has 1 aliphatic rings. The normalized spacial score (nSPS) is 17.2. The quantitative estimate of drug-likeness (QED) is 0.869. The van der Waals surface area contributed by atoms with Crippen LogP contribution in [-0.2, 0) is 24.2 Å². The van der Waals surface area contributed by atoms with E-state index in [9.17, 15) is 9.18 Å². The second kappa shape index (κ2) is 6.52. The van der Waals surface area contributed by atoms with Gasteiger partial charge in [-0.15, -0.1) is 0 Å². The highest BCUT2D eigenvalue weighted by Gasteiger charge is 2.27. The van der Waals surface area contributed by atoms with Gasteiger partial charge in [0.25, 0.3) is 0 Å². The van der Waals surface area contributed by atoms with Crippen molar-refractivity contribution >= 4 is 5.91 Å². The first-order valence-electron chi connectivity index (χ1n) is 8.18. The molecule has 2 aromatic rings. The predicted octanol–water partition coefficient (Wildman–Crippen LogP) is 3.12. The van der Waals surface area contributed by atoms with Gasteiger partial charge < -0.3 is 9.47 Å². The van der Waals surface area contributed by atoms with Crippen molar-refractivity contribution in [3.05, 3.63) is 53.4 Å².